The molecule has 19 nitrogen and oxygen atoms in total. The smallest absolute Gasteiger partial charge is 0.329 e. The Morgan fingerprint density at radius 1 is 1.16 bits per heavy atom. The molecule has 1 saturated heterocycles. The van der Waals surface area contributed by atoms with Gasteiger partial charge in [-0.15, -0.1) is 0 Å². The van der Waals surface area contributed by atoms with Crippen LogP contribution in [0.5, 0.6) is 0 Å². The maximum absolute atomic E-state index is 12.2. The summed E-state index contributed by atoms with van der Waals surface area (Å²) in [4.78, 5) is 75.6. The van der Waals surface area contributed by atoms with Crippen LogP contribution in [0.25, 0.3) is 11.2 Å². The van der Waals surface area contributed by atoms with Gasteiger partial charge in [0.25, 0.3) is 21.2 Å². The van der Waals surface area contributed by atoms with E-state index in [4.69, 9.17) is 10.5 Å². The molecule has 1 aliphatic heterocycles. The molecule has 5 unspecified atom stereocenters. The fourth-order valence-electron chi connectivity index (χ4n) is 2.77. The first-order chi connectivity index (χ1) is 14.6. The van der Waals surface area contributed by atoms with Gasteiger partial charge in [0, 0.05) is 6.42 Å². The molecule has 22 heteroatoms. The predicted molar refractivity (Wildman–Crippen MR) is 90.9 cm³/mol. The van der Waals surface area contributed by atoms with Crippen molar-refractivity contribution in [2.75, 3.05) is 12.3 Å². The summed E-state index contributed by atoms with van der Waals surface area (Å²) in [6, 6.07) is 0. The molecule has 0 spiro atoms. The number of fused-ring (bicyclic) bond motifs is 1. The molecular weight excluding hydrogens is 507 g/mol. The fourth-order valence-corrected chi connectivity index (χ4v) is 5.63. The molecule has 1 fully saturated rings. The lowest BCUT2D eigenvalue weighted by atomic mass is 10.2. The lowest BCUT2D eigenvalue weighted by Crippen LogP contribution is -2.28. The summed E-state index contributed by atoms with van der Waals surface area (Å²) in [5.74, 6) is -0.330. The first kappa shape index (κ1) is 24.9. The van der Waals surface area contributed by atoms with Crippen molar-refractivity contribution in [1.29, 1.82) is 0 Å². The molecule has 0 bridgehead atoms. The van der Waals surface area contributed by atoms with Gasteiger partial charge < -0.3 is 44.2 Å². The summed E-state index contributed by atoms with van der Waals surface area (Å²) in [7, 11) is -18.1. The van der Waals surface area contributed by atoms with Crippen molar-refractivity contribution in [2.24, 2.45) is 0 Å². The van der Waals surface area contributed by atoms with E-state index >= 15 is 0 Å². The molecule has 2 aromatic heterocycles. The molecule has 2 aromatic rings. The summed E-state index contributed by atoms with van der Waals surface area (Å²) in [5, 5.41) is 10.1. The van der Waals surface area contributed by atoms with Gasteiger partial charge in [-0.25, -0.2) is 13.7 Å². The number of ether oxygens (including phenoxy) is 1. The van der Waals surface area contributed by atoms with E-state index in [1.807, 2.05) is 0 Å². The third-order valence-electron chi connectivity index (χ3n) is 3.89. The number of hydrogen-bond donors (Lipinski definition) is 4. The summed E-state index contributed by atoms with van der Waals surface area (Å²) in [6.45, 7) is -1.06. The molecule has 32 heavy (non-hydrogen) atoms. The largest absolute Gasteiger partial charge is 0.790 e. The van der Waals surface area contributed by atoms with Gasteiger partial charge in [0.05, 0.1) is 20.5 Å². The van der Waals surface area contributed by atoms with Crippen molar-refractivity contribution in [1.82, 2.24) is 19.5 Å². The van der Waals surface area contributed by atoms with Crippen molar-refractivity contribution in [3.05, 3.63) is 20.8 Å². The van der Waals surface area contributed by atoms with Crippen molar-refractivity contribution in [3.63, 3.8) is 0 Å². The van der Waals surface area contributed by atoms with E-state index in [0.717, 1.165) is 4.57 Å². The molecule has 0 amide bonds. The maximum Gasteiger partial charge on any atom is 0.329 e. The summed E-state index contributed by atoms with van der Waals surface area (Å²) in [6.07, 6.45) is -4.53. The first-order valence-corrected chi connectivity index (χ1v) is 12.5. The first-order valence-electron chi connectivity index (χ1n) is 8.12. The molecular formula is C10H12N5O14P3-4. The van der Waals surface area contributed by atoms with Gasteiger partial charge in [-0.3, -0.25) is 28.2 Å². The van der Waals surface area contributed by atoms with E-state index in [2.05, 4.69) is 28.1 Å². The van der Waals surface area contributed by atoms with Crippen LogP contribution in [0.4, 0.5) is 5.95 Å². The van der Waals surface area contributed by atoms with Crippen molar-refractivity contribution in [3.8, 4) is 0 Å². The number of nitrogens with zero attached hydrogens (tertiary/aromatic N) is 2. The molecule has 0 radical (unpaired) electrons. The molecule has 0 saturated carbocycles. The Morgan fingerprint density at radius 2 is 1.81 bits per heavy atom. The monoisotopic (exact) mass is 519 g/mol. The van der Waals surface area contributed by atoms with Gasteiger partial charge in [0.1, 0.15) is 12.3 Å². The number of hydrogen-bond acceptors (Lipinski definition) is 16. The molecule has 5 N–H and O–H groups in total. The number of nitrogens with two attached hydrogens (primary N) is 1. The van der Waals surface area contributed by atoms with Gasteiger partial charge in [-0.05, 0) is 0 Å². The zero-order chi connectivity index (χ0) is 24.1. The SMILES string of the molecule is Nc1nc2c([nH]c(=O)n2C2CC(O)C(COP(=O)([O-])OP(=O)([O-])OP(=O)([O-])[O-])O2)c(=O)[nH]1. The second-order valence-corrected chi connectivity index (χ2v) is 10.4. The number of aliphatic hydroxyl groups excluding tert-OH is 1. The molecule has 3 heterocycles. The van der Waals surface area contributed by atoms with Gasteiger partial charge in [-0.1, -0.05) is 0 Å². The minimum atomic E-state index is -6.15. The highest BCUT2D eigenvalue weighted by atomic mass is 31.3. The van der Waals surface area contributed by atoms with Gasteiger partial charge in [0.2, 0.25) is 5.95 Å². The third kappa shape index (κ3) is 5.79. The minimum absolute atomic E-state index is 0.225. The van der Waals surface area contributed by atoms with Gasteiger partial charge in [0.15, 0.2) is 11.2 Å². The average molecular weight is 519 g/mol. The maximum atomic E-state index is 12.2. The van der Waals surface area contributed by atoms with Gasteiger partial charge in [-0.2, -0.15) is 4.98 Å². The van der Waals surface area contributed by atoms with Crippen LogP contribution in [0, 0.1) is 0 Å². The van der Waals surface area contributed by atoms with E-state index < -0.39 is 59.8 Å². The molecule has 0 aliphatic carbocycles. The average Bonchev–Trinajstić information content (AvgIpc) is 3.09. The number of phosphoric ester groups is 1. The number of aromatic amines is 2. The van der Waals surface area contributed by atoms with Crippen LogP contribution in [0.3, 0.4) is 0 Å². The van der Waals surface area contributed by atoms with Crippen LogP contribution < -0.4 is 36.6 Å². The number of nitrogens with one attached hydrogen (secondary N) is 2. The fraction of sp³-hybridized carbons (Fsp3) is 0.500. The zero-order valence-corrected chi connectivity index (χ0v) is 17.9. The highest BCUT2D eigenvalue weighted by molar-refractivity contribution is 7.64. The summed E-state index contributed by atoms with van der Waals surface area (Å²) in [5.41, 5.74) is 3.33. The molecule has 3 rings (SSSR count). The van der Waals surface area contributed by atoms with E-state index in [9.17, 15) is 48.0 Å². The number of anilines is 1. The summed E-state index contributed by atoms with van der Waals surface area (Å²) < 4.78 is 49.8. The van der Waals surface area contributed by atoms with E-state index in [0.29, 0.717) is 0 Å². The number of phosphoric acid groups is 3. The molecule has 1 aliphatic rings. The van der Waals surface area contributed by atoms with E-state index in [-0.39, 0.29) is 23.5 Å². The van der Waals surface area contributed by atoms with Crippen LogP contribution in [-0.2, 0) is 31.6 Å². The van der Waals surface area contributed by atoms with Crippen LogP contribution >= 0.6 is 23.5 Å². The Hall–Kier alpha value is -1.72. The van der Waals surface area contributed by atoms with E-state index in [1.54, 1.807) is 0 Å². The topological polar surface area (TPSA) is 310 Å². The lowest BCUT2D eigenvalue weighted by molar-refractivity contribution is -0.339. The minimum Gasteiger partial charge on any atom is -0.790 e. The van der Waals surface area contributed by atoms with Crippen LogP contribution in [0.15, 0.2) is 9.59 Å². The highest BCUT2D eigenvalue weighted by Gasteiger charge is 2.38. The molecule has 180 valence electrons. The van der Waals surface area contributed by atoms with Crippen molar-refractivity contribution >= 4 is 40.6 Å². The quantitative estimate of drug-likeness (QED) is 0.239. The number of rotatable bonds is 8. The third-order valence-corrected chi connectivity index (χ3v) is 7.55. The molecule has 5 atom stereocenters. The standard InChI is InChI=1S/C10H16N5O14P3/c11-9-13-7-6(8(17)14-9)12-10(18)15(7)5-1-3(16)4(27-5)2-26-31(22,23)29-32(24,25)28-30(19,20)21/h3-5,16H,1-2H2,(H,12,18)(H,22,23)(H,24,25)(H2,19,20,21)(H3,11,13,14,17)/p-4. The van der Waals surface area contributed by atoms with E-state index in [1.165, 1.54) is 0 Å². The second-order valence-electron chi connectivity index (χ2n) is 6.18. The lowest BCUT2D eigenvalue weighted by Gasteiger charge is -2.37. The second kappa shape index (κ2) is 8.57. The normalized spacial score (nSPS) is 25.6. The van der Waals surface area contributed by atoms with Crippen molar-refractivity contribution < 1.29 is 56.3 Å². The Morgan fingerprint density at radius 3 is 2.44 bits per heavy atom. The Bertz CT molecular complexity index is 1280. The van der Waals surface area contributed by atoms with Crippen molar-refractivity contribution in [2.45, 2.75) is 24.9 Å². The molecule has 0 aromatic carbocycles. The number of aliphatic hydroxyl groups is 1. The summed E-state index contributed by atoms with van der Waals surface area (Å²) >= 11 is 0. The zero-order valence-electron chi connectivity index (χ0n) is 15.2. The number of aromatic nitrogens is 4. The number of H-pyrrole nitrogens is 2. The highest BCUT2D eigenvalue weighted by Crippen LogP contribution is 2.60. The Balaban J connectivity index is 1.72. The van der Waals surface area contributed by atoms with Gasteiger partial charge >= 0.3 is 5.69 Å². The number of nitrogen functional groups attached to an aromatic ring is 1. The van der Waals surface area contributed by atoms with Crippen LogP contribution in [0.2, 0.25) is 0 Å². The Labute approximate surface area is 175 Å². The predicted octanol–water partition coefficient (Wildman–Crippen LogP) is -4.54. The Kier molecular flexibility index (Phi) is 6.67. The number of imidazole rings is 1. The van der Waals surface area contributed by atoms with Crippen LogP contribution in [-0.4, -0.2) is 43.4 Å². The van der Waals surface area contributed by atoms with Crippen LogP contribution in [0.1, 0.15) is 12.6 Å².